The summed E-state index contributed by atoms with van der Waals surface area (Å²) in [7, 11) is 4.74. The molecule has 0 aliphatic heterocycles. The Morgan fingerprint density at radius 3 is 2.00 bits per heavy atom. The van der Waals surface area contributed by atoms with Crippen LogP contribution in [0.25, 0.3) is 0 Å². The molecule has 15 heavy (non-hydrogen) atoms. The van der Waals surface area contributed by atoms with Crippen molar-refractivity contribution in [1.29, 1.82) is 0 Å². The molecule has 0 fully saturated rings. The minimum atomic E-state index is 0.325. The summed E-state index contributed by atoms with van der Waals surface area (Å²) in [6, 6.07) is 3.53. The molecule has 0 heterocycles. The van der Waals surface area contributed by atoms with E-state index < -0.39 is 0 Å². The number of ether oxygens (including phenoxy) is 3. The van der Waals surface area contributed by atoms with Crippen LogP contribution in [0.1, 0.15) is 0 Å². The Morgan fingerprint density at radius 1 is 1.00 bits per heavy atom. The molecule has 1 aromatic carbocycles. The summed E-state index contributed by atoms with van der Waals surface area (Å²) in [5.41, 5.74) is 6.18. The zero-order valence-electron chi connectivity index (χ0n) is 9.16. The van der Waals surface area contributed by atoms with E-state index in [2.05, 4.69) is 5.32 Å². The Kier molecular flexibility index (Phi) is 4.05. The van der Waals surface area contributed by atoms with Crippen molar-refractivity contribution in [2.75, 3.05) is 33.3 Å². The number of nitrogens with one attached hydrogen (secondary N) is 1. The molecule has 0 atom stereocenters. The maximum atomic E-state index is 5.41. The fourth-order valence-corrected chi connectivity index (χ4v) is 1.28. The zero-order valence-corrected chi connectivity index (χ0v) is 9.16. The van der Waals surface area contributed by atoms with Crippen LogP contribution in [0.4, 0.5) is 5.69 Å². The van der Waals surface area contributed by atoms with Crippen LogP contribution in [-0.4, -0.2) is 28.0 Å². The van der Waals surface area contributed by atoms with Crippen molar-refractivity contribution in [2.24, 2.45) is 5.73 Å². The highest BCUT2D eigenvalue weighted by Gasteiger charge is 2.10. The van der Waals surface area contributed by atoms with E-state index in [4.69, 9.17) is 19.9 Å². The summed E-state index contributed by atoms with van der Waals surface area (Å²) in [5.74, 6) is 1.92. The second-order valence-corrected chi connectivity index (χ2v) is 2.79. The lowest BCUT2D eigenvalue weighted by molar-refractivity contribution is 0.349. The summed E-state index contributed by atoms with van der Waals surface area (Å²) in [4.78, 5) is 0. The number of hydrogen-bond donors (Lipinski definition) is 2. The molecule has 0 aliphatic carbocycles. The number of nitrogens with two attached hydrogens (primary N) is 1. The van der Waals surface area contributed by atoms with E-state index >= 15 is 0 Å². The van der Waals surface area contributed by atoms with Crippen LogP contribution in [-0.2, 0) is 0 Å². The Bertz CT molecular complexity index is 329. The van der Waals surface area contributed by atoms with Crippen molar-refractivity contribution in [3.8, 4) is 17.2 Å². The third kappa shape index (κ3) is 2.44. The number of benzene rings is 1. The molecule has 0 radical (unpaired) electrons. The van der Waals surface area contributed by atoms with E-state index in [1.807, 2.05) is 0 Å². The molecule has 5 nitrogen and oxygen atoms in total. The quantitative estimate of drug-likeness (QED) is 0.714. The zero-order chi connectivity index (χ0) is 11.3. The average molecular weight is 212 g/mol. The molecule has 1 rings (SSSR count). The molecule has 5 heteroatoms. The summed E-state index contributed by atoms with van der Waals surface area (Å²) in [5, 5.41) is 2.97. The van der Waals surface area contributed by atoms with Gasteiger partial charge in [0.25, 0.3) is 0 Å². The average Bonchev–Trinajstić information content (AvgIpc) is 2.28. The Balaban J connectivity index is 3.15. The van der Waals surface area contributed by atoms with E-state index in [0.29, 0.717) is 23.9 Å². The second-order valence-electron chi connectivity index (χ2n) is 2.79. The summed E-state index contributed by atoms with van der Waals surface area (Å²) < 4.78 is 15.5. The lowest BCUT2D eigenvalue weighted by Gasteiger charge is -2.14. The van der Waals surface area contributed by atoms with Crippen LogP contribution in [0.3, 0.4) is 0 Å². The second kappa shape index (κ2) is 5.31. The van der Waals surface area contributed by atoms with Crippen molar-refractivity contribution in [1.82, 2.24) is 0 Å². The topological polar surface area (TPSA) is 65.7 Å². The van der Waals surface area contributed by atoms with Gasteiger partial charge in [-0.1, -0.05) is 0 Å². The van der Waals surface area contributed by atoms with Crippen LogP contribution in [0.5, 0.6) is 17.2 Å². The fraction of sp³-hybridized carbons (Fsp3) is 0.400. The van der Waals surface area contributed by atoms with Gasteiger partial charge in [0.05, 0.1) is 33.7 Å². The predicted octanol–water partition coefficient (Wildman–Crippen LogP) is 1.04. The number of rotatable bonds is 5. The first-order valence-electron chi connectivity index (χ1n) is 4.50. The maximum Gasteiger partial charge on any atom is 0.164 e. The van der Waals surface area contributed by atoms with Gasteiger partial charge in [-0.15, -0.1) is 0 Å². The van der Waals surface area contributed by atoms with Gasteiger partial charge in [-0.2, -0.15) is 0 Å². The van der Waals surface area contributed by atoms with Crippen LogP contribution >= 0.6 is 0 Å². The van der Waals surface area contributed by atoms with E-state index in [0.717, 1.165) is 5.69 Å². The van der Waals surface area contributed by atoms with Gasteiger partial charge in [-0.05, 0) is 0 Å². The first-order valence-corrected chi connectivity index (χ1v) is 4.50. The lowest BCUT2D eigenvalue weighted by Crippen LogP contribution is -2.11. The van der Waals surface area contributed by atoms with E-state index in [-0.39, 0.29) is 0 Å². The van der Waals surface area contributed by atoms with Gasteiger partial charge in [-0.25, -0.2) is 0 Å². The molecule has 0 saturated heterocycles. The molecule has 0 saturated carbocycles. The van der Waals surface area contributed by atoms with Crippen molar-refractivity contribution < 1.29 is 14.2 Å². The monoisotopic (exact) mass is 212 g/mol. The molecule has 0 spiro atoms. The third-order valence-corrected chi connectivity index (χ3v) is 2.00. The Morgan fingerprint density at radius 2 is 1.53 bits per heavy atom. The van der Waals surface area contributed by atoms with Gasteiger partial charge in [0.2, 0.25) is 0 Å². The molecule has 0 bridgehead atoms. The minimum Gasteiger partial charge on any atom is -0.494 e. The number of anilines is 1. The van der Waals surface area contributed by atoms with Gasteiger partial charge in [0, 0.05) is 12.1 Å². The van der Waals surface area contributed by atoms with Gasteiger partial charge in [0.1, 0.15) is 5.75 Å². The summed E-state index contributed by atoms with van der Waals surface area (Å²) >= 11 is 0. The van der Waals surface area contributed by atoms with E-state index in [9.17, 15) is 0 Å². The van der Waals surface area contributed by atoms with Crippen molar-refractivity contribution in [3.63, 3.8) is 0 Å². The largest absolute Gasteiger partial charge is 0.494 e. The molecule has 0 aliphatic rings. The first-order chi connectivity index (χ1) is 7.26. The van der Waals surface area contributed by atoms with Crippen molar-refractivity contribution in [2.45, 2.75) is 0 Å². The SMILES string of the molecule is COc1cc(OC)c(OC)cc1NCN. The molecule has 84 valence electrons. The van der Waals surface area contributed by atoms with Crippen LogP contribution < -0.4 is 25.3 Å². The normalized spacial score (nSPS) is 9.60. The van der Waals surface area contributed by atoms with Crippen LogP contribution in [0.2, 0.25) is 0 Å². The van der Waals surface area contributed by atoms with Crippen LogP contribution in [0, 0.1) is 0 Å². The number of methoxy groups -OCH3 is 3. The summed E-state index contributed by atoms with van der Waals surface area (Å²) in [6.07, 6.45) is 0. The highest BCUT2D eigenvalue weighted by atomic mass is 16.5. The predicted molar refractivity (Wildman–Crippen MR) is 58.8 cm³/mol. The lowest BCUT2D eigenvalue weighted by atomic mass is 10.2. The maximum absolute atomic E-state index is 5.41. The van der Waals surface area contributed by atoms with Crippen molar-refractivity contribution >= 4 is 5.69 Å². The molecule has 3 N–H and O–H groups in total. The minimum absolute atomic E-state index is 0.325. The molecule has 0 amide bonds. The van der Waals surface area contributed by atoms with E-state index in [1.54, 1.807) is 33.5 Å². The summed E-state index contributed by atoms with van der Waals surface area (Å²) in [6.45, 7) is 0.325. The molecule has 0 unspecified atom stereocenters. The standard InChI is InChI=1S/C10H16N2O3/c1-13-8-5-10(15-3)9(14-2)4-7(8)12-6-11/h4-5,12H,6,11H2,1-3H3. The number of hydrogen-bond acceptors (Lipinski definition) is 5. The van der Waals surface area contributed by atoms with Gasteiger partial charge in [-0.3, -0.25) is 0 Å². The highest BCUT2D eigenvalue weighted by molar-refractivity contribution is 5.64. The molecule has 1 aromatic rings. The fourth-order valence-electron chi connectivity index (χ4n) is 1.28. The molecular formula is C10H16N2O3. The van der Waals surface area contributed by atoms with E-state index in [1.165, 1.54) is 0 Å². The first kappa shape index (κ1) is 11.5. The van der Waals surface area contributed by atoms with Crippen molar-refractivity contribution in [3.05, 3.63) is 12.1 Å². The molecule has 0 aromatic heterocycles. The van der Waals surface area contributed by atoms with Gasteiger partial charge < -0.3 is 25.3 Å². The molecular weight excluding hydrogens is 196 g/mol. The highest BCUT2D eigenvalue weighted by Crippen LogP contribution is 2.37. The van der Waals surface area contributed by atoms with Crippen LogP contribution in [0.15, 0.2) is 12.1 Å². The van der Waals surface area contributed by atoms with Gasteiger partial charge >= 0.3 is 0 Å². The smallest absolute Gasteiger partial charge is 0.164 e. The van der Waals surface area contributed by atoms with Gasteiger partial charge in [0.15, 0.2) is 11.5 Å². The Hall–Kier alpha value is -1.62. The third-order valence-electron chi connectivity index (χ3n) is 2.00. The Labute approximate surface area is 89.1 Å².